The minimum atomic E-state index is -0.240. The largest absolute Gasteiger partial charge is 0.393 e. The predicted octanol–water partition coefficient (Wildman–Crippen LogP) is 2.26. The topological polar surface area (TPSA) is 20.2 Å². The van der Waals surface area contributed by atoms with Gasteiger partial charge in [0.05, 0.1) is 9.34 Å². The lowest BCUT2D eigenvalue weighted by Crippen LogP contribution is -2.19. The summed E-state index contributed by atoms with van der Waals surface area (Å²) in [4.78, 5) is 0. The Morgan fingerprint density at radius 2 is 1.89 bits per heavy atom. The lowest BCUT2D eigenvalue weighted by atomic mass is 10.0. The van der Waals surface area contributed by atoms with E-state index in [4.69, 9.17) is 0 Å². The fraction of sp³-hybridized carbons (Fsp3) is 1.00. The van der Waals surface area contributed by atoms with Gasteiger partial charge in [-0.1, -0.05) is 38.8 Å². The average molecular weight is 258 g/mol. The quantitative estimate of drug-likeness (QED) is 0.715. The van der Waals surface area contributed by atoms with Crippen LogP contribution in [0, 0.1) is 5.41 Å². The van der Waals surface area contributed by atoms with Crippen molar-refractivity contribution in [3.05, 3.63) is 0 Å². The number of hydrogen-bond donors (Lipinski definition) is 1. The van der Waals surface area contributed by atoms with Gasteiger partial charge in [-0.05, 0) is 13.3 Å². The van der Waals surface area contributed by atoms with Crippen LogP contribution in [-0.4, -0.2) is 14.4 Å². The van der Waals surface area contributed by atoms with E-state index in [0.717, 1.165) is 6.42 Å². The molecule has 0 aliphatic heterocycles. The lowest BCUT2D eigenvalue weighted by molar-refractivity contribution is 0.121. The van der Waals surface area contributed by atoms with E-state index in [1.165, 1.54) is 0 Å². The van der Waals surface area contributed by atoms with E-state index in [0.29, 0.717) is 0 Å². The van der Waals surface area contributed by atoms with Crippen LogP contribution in [0.2, 0.25) is 0 Å². The fourth-order valence-electron chi connectivity index (χ4n) is 0.870. The Morgan fingerprint density at radius 1 is 1.56 bits per heavy atom. The van der Waals surface area contributed by atoms with Gasteiger partial charge in [0.15, 0.2) is 0 Å². The summed E-state index contributed by atoms with van der Waals surface area (Å²) in [7, 11) is 0. The number of halogens is 2. The molecule has 2 atom stereocenters. The van der Waals surface area contributed by atoms with Gasteiger partial charge in [0.1, 0.15) is 0 Å². The monoisotopic (exact) mass is 256 g/mol. The summed E-state index contributed by atoms with van der Waals surface area (Å²) in [6.07, 6.45) is 0.758. The molecular weight excluding hydrogens is 248 g/mol. The highest BCUT2D eigenvalue weighted by molar-refractivity contribution is 9.25. The van der Waals surface area contributed by atoms with Crippen molar-refractivity contribution in [1.82, 2.24) is 0 Å². The highest BCUT2D eigenvalue weighted by atomic mass is 79.9. The molecule has 0 heterocycles. The summed E-state index contributed by atoms with van der Waals surface area (Å²) in [5.74, 6) is 0. The van der Waals surface area contributed by atoms with Crippen molar-refractivity contribution >= 4 is 31.9 Å². The third-order valence-electron chi connectivity index (χ3n) is 2.22. The minimum absolute atomic E-state index is 0.00116. The summed E-state index contributed by atoms with van der Waals surface area (Å²) in [5, 5.41) is 9.23. The van der Waals surface area contributed by atoms with E-state index in [1.807, 2.05) is 6.92 Å². The molecule has 54 valence electrons. The average Bonchev–Trinajstić information content (AvgIpc) is 2.08. The highest BCUT2D eigenvalue weighted by Gasteiger charge is 2.64. The van der Waals surface area contributed by atoms with Crippen molar-refractivity contribution in [2.45, 2.75) is 29.6 Å². The van der Waals surface area contributed by atoms with Gasteiger partial charge >= 0.3 is 0 Å². The zero-order chi connectivity index (χ0) is 7.28. The van der Waals surface area contributed by atoms with Gasteiger partial charge < -0.3 is 5.11 Å². The molecule has 0 radical (unpaired) electrons. The third-order valence-corrected chi connectivity index (χ3v) is 4.59. The predicted molar refractivity (Wildman–Crippen MR) is 45.0 cm³/mol. The lowest BCUT2D eigenvalue weighted by Gasteiger charge is -2.14. The Balaban J connectivity index is 2.63. The number of alkyl halides is 2. The molecule has 1 rings (SSSR count). The number of aliphatic hydroxyl groups is 1. The Morgan fingerprint density at radius 3 is 1.89 bits per heavy atom. The van der Waals surface area contributed by atoms with Crippen molar-refractivity contribution in [1.29, 1.82) is 0 Å². The molecule has 1 aliphatic rings. The van der Waals surface area contributed by atoms with Crippen LogP contribution in [0.3, 0.4) is 0 Å². The molecule has 1 fully saturated rings. The maximum absolute atomic E-state index is 9.23. The zero-order valence-electron chi connectivity index (χ0n) is 5.49. The SMILES string of the molecule is CC(O)C1(C)CC1(Br)Br. The smallest absolute Gasteiger partial charge is 0.0891 e. The third kappa shape index (κ3) is 1.08. The molecule has 0 aromatic carbocycles. The second-order valence-corrected chi connectivity index (χ2v) is 6.75. The normalized spacial score (nSPS) is 42.3. The van der Waals surface area contributed by atoms with E-state index in [9.17, 15) is 5.11 Å². The number of aliphatic hydroxyl groups excluding tert-OH is 1. The molecule has 1 aliphatic carbocycles. The van der Waals surface area contributed by atoms with Gasteiger partial charge in [0.25, 0.3) is 0 Å². The van der Waals surface area contributed by atoms with Crippen LogP contribution >= 0.6 is 31.9 Å². The van der Waals surface area contributed by atoms with Crippen LogP contribution in [0.25, 0.3) is 0 Å². The van der Waals surface area contributed by atoms with Crippen molar-refractivity contribution in [3.63, 3.8) is 0 Å². The standard InChI is InChI=1S/C6H10Br2O/c1-4(9)5(2)3-6(5,7)8/h4,9H,3H2,1-2H3. The van der Waals surface area contributed by atoms with E-state index in [1.54, 1.807) is 0 Å². The zero-order valence-corrected chi connectivity index (χ0v) is 8.66. The molecule has 0 amide bonds. The molecule has 0 saturated heterocycles. The van der Waals surface area contributed by atoms with Gasteiger partial charge in [-0.2, -0.15) is 0 Å². The summed E-state index contributed by atoms with van der Waals surface area (Å²) >= 11 is 6.93. The molecule has 0 bridgehead atoms. The summed E-state index contributed by atoms with van der Waals surface area (Å²) in [6.45, 7) is 3.88. The van der Waals surface area contributed by atoms with Crippen molar-refractivity contribution < 1.29 is 5.11 Å². The molecule has 0 aromatic heterocycles. The van der Waals surface area contributed by atoms with Crippen LogP contribution in [0.4, 0.5) is 0 Å². The number of hydrogen-bond acceptors (Lipinski definition) is 1. The van der Waals surface area contributed by atoms with Gasteiger partial charge in [-0.3, -0.25) is 0 Å². The second kappa shape index (κ2) is 1.95. The first-order valence-corrected chi connectivity index (χ1v) is 4.55. The molecule has 0 spiro atoms. The molecule has 3 heteroatoms. The minimum Gasteiger partial charge on any atom is -0.393 e. The van der Waals surface area contributed by atoms with Gasteiger partial charge in [-0.25, -0.2) is 0 Å². The van der Waals surface area contributed by atoms with E-state index in [2.05, 4.69) is 38.8 Å². The van der Waals surface area contributed by atoms with Crippen LogP contribution in [0.5, 0.6) is 0 Å². The maximum Gasteiger partial charge on any atom is 0.0891 e. The first kappa shape index (κ1) is 8.02. The fourth-order valence-corrected chi connectivity index (χ4v) is 2.70. The van der Waals surface area contributed by atoms with E-state index in [-0.39, 0.29) is 14.8 Å². The van der Waals surface area contributed by atoms with E-state index >= 15 is 0 Å². The van der Waals surface area contributed by atoms with Crippen LogP contribution in [0.15, 0.2) is 0 Å². The second-order valence-electron chi connectivity index (χ2n) is 2.97. The Bertz CT molecular complexity index is 133. The van der Waals surface area contributed by atoms with Gasteiger partial charge in [-0.15, -0.1) is 0 Å². The summed E-state index contributed by atoms with van der Waals surface area (Å²) < 4.78 is 0.00116. The van der Waals surface area contributed by atoms with E-state index < -0.39 is 0 Å². The summed E-state index contributed by atoms with van der Waals surface area (Å²) in [5.41, 5.74) is 0.0347. The summed E-state index contributed by atoms with van der Waals surface area (Å²) in [6, 6.07) is 0. The van der Waals surface area contributed by atoms with Gasteiger partial charge in [0.2, 0.25) is 0 Å². The van der Waals surface area contributed by atoms with Crippen molar-refractivity contribution in [3.8, 4) is 0 Å². The Kier molecular flexibility index (Phi) is 1.74. The maximum atomic E-state index is 9.23. The van der Waals surface area contributed by atoms with Crippen LogP contribution < -0.4 is 0 Å². The first-order chi connectivity index (χ1) is 3.90. The molecule has 1 N–H and O–H groups in total. The molecular formula is C6H10Br2O. The van der Waals surface area contributed by atoms with Crippen LogP contribution in [-0.2, 0) is 0 Å². The highest BCUT2D eigenvalue weighted by Crippen LogP contribution is 2.67. The first-order valence-electron chi connectivity index (χ1n) is 2.96. The van der Waals surface area contributed by atoms with Gasteiger partial charge in [0, 0.05) is 5.41 Å². The van der Waals surface area contributed by atoms with Crippen LogP contribution in [0.1, 0.15) is 20.3 Å². The molecule has 0 aromatic rings. The Hall–Kier alpha value is 0.920. The molecule has 9 heavy (non-hydrogen) atoms. The number of rotatable bonds is 1. The van der Waals surface area contributed by atoms with Crippen molar-refractivity contribution in [2.75, 3.05) is 0 Å². The molecule has 1 saturated carbocycles. The van der Waals surface area contributed by atoms with Crippen molar-refractivity contribution in [2.24, 2.45) is 5.41 Å². The Labute approximate surface area is 72.1 Å². The molecule has 1 nitrogen and oxygen atoms in total. The molecule has 2 unspecified atom stereocenters.